The second kappa shape index (κ2) is 7.37. The van der Waals surface area contributed by atoms with Gasteiger partial charge in [-0.1, -0.05) is 42.5 Å². The van der Waals surface area contributed by atoms with Gasteiger partial charge in [0.2, 0.25) is 0 Å². The smallest absolute Gasteiger partial charge is 0.142 e. The molecule has 1 N–H and O–H groups in total. The van der Waals surface area contributed by atoms with Gasteiger partial charge in [-0.15, -0.1) is 0 Å². The van der Waals surface area contributed by atoms with Crippen LogP contribution in [0.25, 0.3) is 0 Å². The Labute approximate surface area is 125 Å². The molecule has 2 rings (SSSR count). The lowest BCUT2D eigenvalue weighted by atomic mass is 9.90. The van der Waals surface area contributed by atoms with Crippen LogP contribution in [0.5, 0.6) is 5.75 Å². The Bertz CT molecular complexity index is 417. The van der Waals surface area contributed by atoms with Crippen molar-refractivity contribution in [2.75, 3.05) is 13.7 Å². The zero-order valence-corrected chi connectivity index (χ0v) is 12.9. The number of nitrogens with one attached hydrogen (secondary N) is 1. The molecular weight excluding hydrogens is 281 g/mol. The van der Waals surface area contributed by atoms with Crippen LogP contribution in [0.2, 0.25) is 10.0 Å². The zero-order chi connectivity index (χ0) is 13.7. The fraction of sp³-hybridized carbons (Fsp3) is 0.600. The Balaban J connectivity index is 2.05. The predicted molar refractivity (Wildman–Crippen MR) is 81.3 cm³/mol. The Morgan fingerprint density at radius 3 is 2.63 bits per heavy atom. The molecule has 0 radical (unpaired) electrons. The SMILES string of the molecule is CNCc1cc(Cl)cc(Cl)c1OCC1CCCCC1. The molecule has 0 unspecified atom stereocenters. The van der Waals surface area contributed by atoms with Gasteiger partial charge in [-0.2, -0.15) is 0 Å². The third-order valence-electron chi connectivity index (χ3n) is 3.64. The Kier molecular flexibility index (Phi) is 5.80. The lowest BCUT2D eigenvalue weighted by Crippen LogP contribution is -2.16. The lowest BCUT2D eigenvalue weighted by molar-refractivity contribution is 0.207. The van der Waals surface area contributed by atoms with Crippen LogP contribution in [-0.4, -0.2) is 13.7 Å². The molecule has 0 aromatic heterocycles. The fourth-order valence-corrected chi connectivity index (χ4v) is 3.24. The summed E-state index contributed by atoms with van der Waals surface area (Å²) in [6.45, 7) is 1.47. The molecule has 0 amide bonds. The highest BCUT2D eigenvalue weighted by atomic mass is 35.5. The van der Waals surface area contributed by atoms with Crippen LogP contribution in [0.1, 0.15) is 37.7 Å². The zero-order valence-electron chi connectivity index (χ0n) is 11.3. The van der Waals surface area contributed by atoms with Crippen molar-refractivity contribution in [2.24, 2.45) is 5.92 Å². The van der Waals surface area contributed by atoms with Gasteiger partial charge in [-0.25, -0.2) is 0 Å². The molecule has 0 spiro atoms. The molecule has 19 heavy (non-hydrogen) atoms. The fourth-order valence-electron chi connectivity index (χ4n) is 2.65. The standard InChI is InChI=1S/C15H21Cl2NO/c1-18-9-12-7-13(16)8-14(17)15(12)19-10-11-5-3-2-4-6-11/h7-8,11,18H,2-6,9-10H2,1H3. The number of hydrogen-bond acceptors (Lipinski definition) is 2. The third-order valence-corrected chi connectivity index (χ3v) is 4.14. The Morgan fingerprint density at radius 1 is 1.21 bits per heavy atom. The maximum atomic E-state index is 6.25. The van der Waals surface area contributed by atoms with Gasteiger partial charge in [0.1, 0.15) is 5.75 Å². The van der Waals surface area contributed by atoms with Crippen molar-refractivity contribution in [1.82, 2.24) is 5.32 Å². The number of rotatable bonds is 5. The van der Waals surface area contributed by atoms with Gasteiger partial charge in [0.05, 0.1) is 11.6 Å². The van der Waals surface area contributed by atoms with Crippen molar-refractivity contribution in [1.29, 1.82) is 0 Å². The monoisotopic (exact) mass is 301 g/mol. The molecule has 106 valence electrons. The second-order valence-electron chi connectivity index (χ2n) is 5.22. The average molecular weight is 302 g/mol. The summed E-state index contributed by atoms with van der Waals surface area (Å²) in [5, 5.41) is 4.38. The molecule has 1 aliphatic rings. The number of hydrogen-bond donors (Lipinski definition) is 1. The lowest BCUT2D eigenvalue weighted by Gasteiger charge is -2.23. The number of benzene rings is 1. The van der Waals surface area contributed by atoms with Crippen molar-refractivity contribution < 1.29 is 4.74 Å². The van der Waals surface area contributed by atoms with Crippen molar-refractivity contribution >= 4 is 23.2 Å². The van der Waals surface area contributed by atoms with E-state index in [1.165, 1.54) is 32.1 Å². The Morgan fingerprint density at radius 2 is 1.95 bits per heavy atom. The molecule has 1 aromatic rings. The first-order chi connectivity index (χ1) is 9.20. The van der Waals surface area contributed by atoms with Crippen LogP contribution < -0.4 is 10.1 Å². The minimum absolute atomic E-state index is 0.605. The molecule has 0 aliphatic heterocycles. The largest absolute Gasteiger partial charge is 0.491 e. The van der Waals surface area contributed by atoms with Crippen LogP contribution in [0.3, 0.4) is 0 Å². The summed E-state index contributed by atoms with van der Waals surface area (Å²) in [6.07, 6.45) is 6.56. The topological polar surface area (TPSA) is 21.3 Å². The van der Waals surface area contributed by atoms with E-state index in [4.69, 9.17) is 27.9 Å². The molecule has 1 saturated carbocycles. The molecule has 1 fully saturated rings. The first-order valence-corrected chi connectivity index (χ1v) is 7.71. The predicted octanol–water partition coefficient (Wildman–Crippen LogP) is 4.67. The summed E-state index contributed by atoms with van der Waals surface area (Å²) < 4.78 is 5.98. The van der Waals surface area contributed by atoms with E-state index in [1.807, 2.05) is 13.1 Å². The van der Waals surface area contributed by atoms with E-state index in [0.717, 1.165) is 17.9 Å². The van der Waals surface area contributed by atoms with Crippen LogP contribution in [0, 0.1) is 5.92 Å². The molecular formula is C15H21Cl2NO. The van der Waals surface area contributed by atoms with Gasteiger partial charge in [0, 0.05) is 17.1 Å². The average Bonchev–Trinajstić information content (AvgIpc) is 2.39. The summed E-state index contributed by atoms with van der Waals surface area (Å²) in [4.78, 5) is 0. The second-order valence-corrected chi connectivity index (χ2v) is 6.06. The van der Waals surface area contributed by atoms with Gasteiger partial charge in [-0.05, 0) is 37.9 Å². The van der Waals surface area contributed by atoms with Crippen LogP contribution in [0.4, 0.5) is 0 Å². The summed E-state index contributed by atoms with van der Waals surface area (Å²) in [5.41, 5.74) is 1.02. The van der Waals surface area contributed by atoms with E-state index in [1.54, 1.807) is 6.07 Å². The van der Waals surface area contributed by atoms with E-state index >= 15 is 0 Å². The van der Waals surface area contributed by atoms with E-state index in [9.17, 15) is 0 Å². The quantitative estimate of drug-likeness (QED) is 0.853. The van der Waals surface area contributed by atoms with Gasteiger partial charge in [0.25, 0.3) is 0 Å². The maximum absolute atomic E-state index is 6.25. The van der Waals surface area contributed by atoms with E-state index in [2.05, 4.69) is 5.32 Å². The van der Waals surface area contributed by atoms with E-state index < -0.39 is 0 Å². The van der Waals surface area contributed by atoms with Gasteiger partial charge < -0.3 is 10.1 Å². The normalized spacial score (nSPS) is 16.6. The minimum Gasteiger partial charge on any atom is -0.491 e. The van der Waals surface area contributed by atoms with Gasteiger partial charge in [-0.3, -0.25) is 0 Å². The molecule has 0 atom stereocenters. The molecule has 0 bridgehead atoms. The number of ether oxygens (including phenoxy) is 1. The maximum Gasteiger partial charge on any atom is 0.142 e. The van der Waals surface area contributed by atoms with Crippen LogP contribution in [0.15, 0.2) is 12.1 Å². The minimum atomic E-state index is 0.605. The molecule has 2 nitrogen and oxygen atoms in total. The number of halogens is 2. The molecule has 0 saturated heterocycles. The molecule has 1 aromatic carbocycles. The van der Waals surface area contributed by atoms with Crippen molar-refractivity contribution in [3.63, 3.8) is 0 Å². The Hall–Kier alpha value is -0.440. The van der Waals surface area contributed by atoms with Gasteiger partial charge in [0.15, 0.2) is 0 Å². The summed E-state index contributed by atoms with van der Waals surface area (Å²) in [6, 6.07) is 3.67. The summed E-state index contributed by atoms with van der Waals surface area (Å²) in [5.74, 6) is 1.45. The highest BCUT2D eigenvalue weighted by molar-refractivity contribution is 6.35. The van der Waals surface area contributed by atoms with Crippen molar-refractivity contribution in [3.05, 3.63) is 27.7 Å². The molecule has 0 heterocycles. The first kappa shape index (κ1) is 15.0. The summed E-state index contributed by atoms with van der Waals surface area (Å²) >= 11 is 12.3. The highest BCUT2D eigenvalue weighted by Gasteiger charge is 2.16. The van der Waals surface area contributed by atoms with Crippen molar-refractivity contribution in [2.45, 2.75) is 38.6 Å². The third kappa shape index (κ3) is 4.27. The molecule has 1 aliphatic carbocycles. The van der Waals surface area contributed by atoms with Crippen LogP contribution in [-0.2, 0) is 6.54 Å². The van der Waals surface area contributed by atoms with Gasteiger partial charge >= 0.3 is 0 Å². The highest BCUT2D eigenvalue weighted by Crippen LogP contribution is 2.34. The van der Waals surface area contributed by atoms with Crippen LogP contribution >= 0.6 is 23.2 Å². The van der Waals surface area contributed by atoms with Crippen molar-refractivity contribution in [3.8, 4) is 5.75 Å². The van der Waals surface area contributed by atoms with E-state index in [0.29, 0.717) is 22.5 Å². The van der Waals surface area contributed by atoms with E-state index in [-0.39, 0.29) is 0 Å². The first-order valence-electron chi connectivity index (χ1n) is 6.96. The molecule has 4 heteroatoms. The summed E-state index contributed by atoms with van der Waals surface area (Å²) in [7, 11) is 1.90.